The van der Waals surface area contributed by atoms with Crippen molar-refractivity contribution < 1.29 is 0 Å². The van der Waals surface area contributed by atoms with Gasteiger partial charge < -0.3 is 10.6 Å². The number of para-hydroxylation sites is 4. The third kappa shape index (κ3) is 6.63. The molecular formula is C64H46N6. The van der Waals surface area contributed by atoms with Crippen LogP contribution in [0, 0.1) is 0 Å². The fraction of sp³-hybridized carbons (Fsp3) is 0.0625. The second-order valence-corrected chi connectivity index (χ2v) is 18.6. The number of nitrogens with zero attached hydrogens (tertiary/aromatic N) is 4. The molecule has 0 fully saturated rings. The summed E-state index contributed by atoms with van der Waals surface area (Å²) in [6.07, 6.45) is 8.58. The van der Waals surface area contributed by atoms with Gasteiger partial charge in [-0.15, -0.1) is 0 Å². The molecule has 4 heterocycles. The van der Waals surface area contributed by atoms with E-state index in [0.29, 0.717) is 0 Å². The molecule has 70 heavy (non-hydrogen) atoms. The van der Waals surface area contributed by atoms with Crippen molar-refractivity contribution in [1.29, 1.82) is 0 Å². The van der Waals surface area contributed by atoms with Crippen molar-refractivity contribution in [2.24, 2.45) is 9.98 Å². The molecule has 9 aromatic rings. The van der Waals surface area contributed by atoms with Crippen LogP contribution < -0.4 is 20.4 Å². The Morgan fingerprint density at radius 2 is 0.786 bits per heavy atom. The number of benzene rings is 9. The molecule has 6 nitrogen and oxygen atoms in total. The van der Waals surface area contributed by atoms with E-state index < -0.39 is 0 Å². The number of fused-ring (bicyclic) bond motifs is 10. The second-order valence-electron chi connectivity index (χ2n) is 18.6. The van der Waals surface area contributed by atoms with Crippen molar-refractivity contribution in [2.45, 2.75) is 25.2 Å². The van der Waals surface area contributed by atoms with Gasteiger partial charge in [-0.1, -0.05) is 182 Å². The molecule has 9 aromatic carbocycles. The summed E-state index contributed by atoms with van der Waals surface area (Å²) in [6.45, 7) is 0. The lowest BCUT2D eigenvalue weighted by Gasteiger charge is -2.34. The van der Waals surface area contributed by atoms with Gasteiger partial charge in [-0.25, -0.2) is 9.98 Å². The van der Waals surface area contributed by atoms with Gasteiger partial charge in [-0.05, 0) is 117 Å². The van der Waals surface area contributed by atoms with Crippen LogP contribution in [0.25, 0.3) is 50.1 Å². The van der Waals surface area contributed by atoms with Crippen LogP contribution in [0.4, 0.5) is 34.1 Å². The molecule has 2 unspecified atom stereocenters. The Bertz CT molecular complexity index is 3650. The van der Waals surface area contributed by atoms with Crippen molar-refractivity contribution in [3.8, 4) is 44.5 Å². The minimum atomic E-state index is -0.120. The van der Waals surface area contributed by atoms with Crippen LogP contribution in [0.5, 0.6) is 0 Å². The first-order valence-electron chi connectivity index (χ1n) is 24.3. The number of hydrogen-bond acceptors (Lipinski definition) is 6. The highest BCUT2D eigenvalue weighted by molar-refractivity contribution is 6.17. The highest BCUT2D eigenvalue weighted by Gasteiger charge is 2.40. The van der Waals surface area contributed by atoms with Gasteiger partial charge >= 0.3 is 0 Å². The molecule has 0 radical (unpaired) electrons. The maximum absolute atomic E-state index is 5.54. The lowest BCUT2D eigenvalue weighted by molar-refractivity contribution is 0.831. The molecule has 0 aromatic heterocycles. The minimum absolute atomic E-state index is 0.0988. The molecule has 0 amide bonds. The van der Waals surface area contributed by atoms with Crippen LogP contribution in [0.3, 0.4) is 0 Å². The standard InChI is InChI=1S/C64H46N6/c1-5-17-43(18-6-1)49-37-53-57(39-51(49)45-21-9-3-10-22-45)67-61(69-59-27-15-13-25-55(59)65-63(53)69)47-33-29-41(30-34-47)42-31-35-48(36-32-42)62-68-58-40-52(46-23-11-4-12-24-46)50(44-19-7-2-8-20-44)38-54(58)64-66-56-26-14-16-28-60(56)70(62)64/h1-7,9-19,21-40,63-66H,8,20H2. The predicted molar refractivity (Wildman–Crippen MR) is 290 cm³/mol. The fourth-order valence-corrected chi connectivity index (χ4v) is 11.1. The quantitative estimate of drug-likeness (QED) is 0.167. The molecule has 2 atom stereocenters. The van der Waals surface area contributed by atoms with Gasteiger partial charge in [0.15, 0.2) is 0 Å². The van der Waals surface area contributed by atoms with Crippen LogP contribution >= 0.6 is 0 Å². The summed E-state index contributed by atoms with van der Waals surface area (Å²) < 4.78 is 0. The minimum Gasteiger partial charge on any atom is -0.359 e. The zero-order valence-electron chi connectivity index (χ0n) is 38.3. The summed E-state index contributed by atoms with van der Waals surface area (Å²) in [5.41, 5.74) is 22.9. The number of aliphatic imine (C=N–C) groups is 2. The summed E-state index contributed by atoms with van der Waals surface area (Å²) in [4.78, 5) is 15.8. The molecule has 332 valence electrons. The van der Waals surface area contributed by atoms with E-state index in [-0.39, 0.29) is 12.3 Å². The number of amidine groups is 2. The van der Waals surface area contributed by atoms with Gasteiger partial charge in [0.1, 0.15) is 24.0 Å². The summed E-state index contributed by atoms with van der Waals surface area (Å²) in [5, 5.41) is 7.76. The van der Waals surface area contributed by atoms with Crippen LogP contribution in [-0.2, 0) is 0 Å². The van der Waals surface area contributed by atoms with Gasteiger partial charge in [0.05, 0.1) is 34.1 Å². The van der Waals surface area contributed by atoms with Crippen molar-refractivity contribution in [3.63, 3.8) is 0 Å². The second kappa shape index (κ2) is 16.4. The average molecular weight is 899 g/mol. The maximum Gasteiger partial charge on any atom is 0.143 e. The van der Waals surface area contributed by atoms with Crippen molar-refractivity contribution >= 4 is 51.4 Å². The zero-order chi connectivity index (χ0) is 46.1. The maximum atomic E-state index is 5.54. The van der Waals surface area contributed by atoms with E-state index in [0.717, 1.165) is 92.0 Å². The molecule has 0 bridgehead atoms. The molecule has 0 spiro atoms. The molecule has 4 aliphatic heterocycles. The Kier molecular flexibility index (Phi) is 9.37. The highest BCUT2D eigenvalue weighted by Crippen LogP contribution is 2.52. The van der Waals surface area contributed by atoms with E-state index in [4.69, 9.17) is 9.98 Å². The lowest BCUT2D eigenvalue weighted by atomic mass is 9.87. The Hall–Kier alpha value is -9.00. The van der Waals surface area contributed by atoms with Gasteiger partial charge in [0, 0.05) is 22.3 Å². The van der Waals surface area contributed by atoms with Gasteiger partial charge in [-0.3, -0.25) is 9.80 Å². The molecule has 14 rings (SSSR count). The molecule has 5 aliphatic rings. The van der Waals surface area contributed by atoms with Crippen LogP contribution in [0.15, 0.2) is 241 Å². The van der Waals surface area contributed by atoms with Crippen LogP contribution in [0.1, 0.15) is 53.0 Å². The Morgan fingerprint density at radius 1 is 0.386 bits per heavy atom. The highest BCUT2D eigenvalue weighted by atomic mass is 15.4. The molecule has 1 aliphatic carbocycles. The molecule has 0 saturated carbocycles. The fourth-order valence-electron chi connectivity index (χ4n) is 11.1. The molecule has 0 saturated heterocycles. The average Bonchev–Trinajstić information content (AvgIpc) is 4.03. The first-order valence-corrected chi connectivity index (χ1v) is 24.3. The third-order valence-corrected chi connectivity index (χ3v) is 14.5. The van der Waals surface area contributed by atoms with E-state index in [1.165, 1.54) is 44.5 Å². The number of nitrogens with one attached hydrogen (secondary N) is 2. The van der Waals surface area contributed by atoms with Crippen molar-refractivity contribution in [3.05, 3.63) is 258 Å². The molecule has 6 heteroatoms. The number of allylic oxidation sites excluding steroid dienone is 4. The topological polar surface area (TPSA) is 55.3 Å². The summed E-state index contributed by atoms with van der Waals surface area (Å²) in [6, 6.07) is 76.4. The normalized spacial score (nSPS) is 16.8. The molecular weight excluding hydrogens is 853 g/mol. The Labute approximate surface area is 408 Å². The zero-order valence-corrected chi connectivity index (χ0v) is 38.3. The summed E-state index contributed by atoms with van der Waals surface area (Å²) in [7, 11) is 0. The first kappa shape index (κ1) is 40.1. The van der Waals surface area contributed by atoms with Crippen LogP contribution in [0.2, 0.25) is 0 Å². The van der Waals surface area contributed by atoms with E-state index >= 15 is 0 Å². The van der Waals surface area contributed by atoms with Crippen LogP contribution in [-0.4, -0.2) is 11.7 Å². The van der Waals surface area contributed by atoms with E-state index in [1.54, 1.807) is 0 Å². The molecule has 2 N–H and O–H groups in total. The van der Waals surface area contributed by atoms with E-state index in [2.05, 4.69) is 251 Å². The number of rotatable bonds is 7. The third-order valence-electron chi connectivity index (χ3n) is 14.5. The van der Waals surface area contributed by atoms with Gasteiger partial charge in [0.25, 0.3) is 0 Å². The predicted octanol–water partition coefficient (Wildman–Crippen LogP) is 16.1. The van der Waals surface area contributed by atoms with Crippen molar-refractivity contribution in [1.82, 2.24) is 0 Å². The smallest absolute Gasteiger partial charge is 0.143 e. The Morgan fingerprint density at radius 3 is 1.24 bits per heavy atom. The van der Waals surface area contributed by atoms with Gasteiger partial charge in [-0.2, -0.15) is 0 Å². The number of hydrogen-bond donors (Lipinski definition) is 2. The lowest BCUT2D eigenvalue weighted by Crippen LogP contribution is -2.37. The van der Waals surface area contributed by atoms with E-state index in [1.807, 2.05) is 0 Å². The summed E-state index contributed by atoms with van der Waals surface area (Å²) >= 11 is 0. The SMILES string of the molecule is C1=CCCC(c2cc3c(cc2-c2ccccc2)N=C(c2ccc(-c4ccc(C5=Nc6cc(-c7ccccc7)c(-c7ccccc7)cc6C6Nc7ccccc7N56)cc4)cc2)N2c4ccccc4NC32)=C1. The first-order chi connectivity index (χ1) is 34.7. The monoisotopic (exact) mass is 898 g/mol. The summed E-state index contributed by atoms with van der Waals surface area (Å²) in [5.74, 6) is 1.85. The van der Waals surface area contributed by atoms with Crippen molar-refractivity contribution in [2.75, 3.05) is 20.4 Å². The van der Waals surface area contributed by atoms with E-state index in [9.17, 15) is 0 Å². The number of anilines is 4. The van der Waals surface area contributed by atoms with Gasteiger partial charge in [0.2, 0.25) is 0 Å². The largest absolute Gasteiger partial charge is 0.359 e. The Balaban J connectivity index is 0.835.